The number of aryl methyl sites for hydroxylation is 1. The zero-order valence-corrected chi connectivity index (χ0v) is 9.36. The van der Waals surface area contributed by atoms with Gasteiger partial charge in [-0.2, -0.15) is 4.98 Å². The van der Waals surface area contributed by atoms with E-state index in [2.05, 4.69) is 28.2 Å². The highest BCUT2D eigenvalue weighted by atomic mass is 16.4. The van der Waals surface area contributed by atoms with Crippen LogP contribution < -0.4 is 10.2 Å². The van der Waals surface area contributed by atoms with Crippen molar-refractivity contribution in [3.05, 3.63) is 23.8 Å². The summed E-state index contributed by atoms with van der Waals surface area (Å²) in [7, 11) is 0. The van der Waals surface area contributed by atoms with E-state index in [1.165, 1.54) is 5.56 Å². The third-order valence-corrected chi connectivity index (χ3v) is 2.92. The van der Waals surface area contributed by atoms with E-state index in [9.17, 15) is 0 Å². The molecule has 0 aliphatic carbocycles. The topological polar surface area (TPSA) is 41.3 Å². The Balaban J connectivity index is 1.97. The number of nitrogens with zero attached hydrogens (tertiary/aromatic N) is 2. The summed E-state index contributed by atoms with van der Waals surface area (Å²) < 4.78 is 5.78. The first-order valence-corrected chi connectivity index (χ1v) is 5.66. The number of aromatic nitrogens is 1. The molecule has 0 amide bonds. The molecular formula is C12H15N3O. The molecular weight excluding hydrogens is 202 g/mol. The lowest BCUT2D eigenvalue weighted by atomic mass is 10.2. The number of oxazole rings is 1. The van der Waals surface area contributed by atoms with Crippen LogP contribution in [0.3, 0.4) is 0 Å². The summed E-state index contributed by atoms with van der Waals surface area (Å²) in [4.78, 5) is 6.70. The first-order valence-electron chi connectivity index (χ1n) is 5.66. The number of hydrogen-bond donors (Lipinski definition) is 1. The van der Waals surface area contributed by atoms with Crippen molar-refractivity contribution in [2.75, 3.05) is 31.1 Å². The van der Waals surface area contributed by atoms with Gasteiger partial charge in [0.15, 0.2) is 5.58 Å². The molecule has 0 unspecified atom stereocenters. The van der Waals surface area contributed by atoms with Crippen LogP contribution in [0.25, 0.3) is 11.1 Å². The second kappa shape index (κ2) is 3.79. The molecule has 0 bridgehead atoms. The minimum absolute atomic E-state index is 0.752. The molecule has 84 valence electrons. The monoisotopic (exact) mass is 217 g/mol. The standard InChI is InChI=1S/C12H15N3O/c1-9-2-3-10-11(8-9)16-12(14-10)15-6-4-13-5-7-15/h2-3,8,13H,4-7H2,1H3. The van der Waals surface area contributed by atoms with Gasteiger partial charge < -0.3 is 14.6 Å². The highest BCUT2D eigenvalue weighted by Gasteiger charge is 2.16. The molecule has 1 saturated heterocycles. The van der Waals surface area contributed by atoms with Crippen molar-refractivity contribution in [1.82, 2.24) is 10.3 Å². The van der Waals surface area contributed by atoms with E-state index in [1.807, 2.05) is 12.1 Å². The maximum Gasteiger partial charge on any atom is 0.298 e. The number of benzene rings is 1. The number of nitrogens with one attached hydrogen (secondary N) is 1. The maximum absolute atomic E-state index is 5.78. The van der Waals surface area contributed by atoms with Crippen molar-refractivity contribution in [2.24, 2.45) is 0 Å². The van der Waals surface area contributed by atoms with E-state index in [-0.39, 0.29) is 0 Å². The van der Waals surface area contributed by atoms with Gasteiger partial charge in [0.05, 0.1) is 0 Å². The molecule has 3 rings (SSSR count). The lowest BCUT2D eigenvalue weighted by Gasteiger charge is -2.25. The second-order valence-corrected chi connectivity index (χ2v) is 4.20. The van der Waals surface area contributed by atoms with Crippen LogP contribution in [-0.2, 0) is 0 Å². The number of rotatable bonds is 1. The van der Waals surface area contributed by atoms with Crippen molar-refractivity contribution in [3.8, 4) is 0 Å². The van der Waals surface area contributed by atoms with Gasteiger partial charge in [0.2, 0.25) is 0 Å². The molecule has 1 fully saturated rings. The lowest BCUT2D eigenvalue weighted by Crippen LogP contribution is -2.43. The zero-order valence-electron chi connectivity index (χ0n) is 9.36. The van der Waals surface area contributed by atoms with Gasteiger partial charge >= 0.3 is 0 Å². The van der Waals surface area contributed by atoms with Crippen LogP contribution in [0, 0.1) is 6.92 Å². The van der Waals surface area contributed by atoms with E-state index < -0.39 is 0 Å². The first-order chi connectivity index (χ1) is 7.83. The van der Waals surface area contributed by atoms with Crippen molar-refractivity contribution in [3.63, 3.8) is 0 Å². The molecule has 0 atom stereocenters. The Morgan fingerprint density at radius 1 is 1.31 bits per heavy atom. The average Bonchev–Trinajstić information content (AvgIpc) is 2.73. The summed E-state index contributed by atoms with van der Waals surface area (Å²) in [5.74, 6) is 0. The highest BCUT2D eigenvalue weighted by Crippen LogP contribution is 2.22. The molecule has 0 spiro atoms. The first kappa shape index (κ1) is 9.66. The van der Waals surface area contributed by atoms with Gasteiger partial charge in [0.1, 0.15) is 5.52 Å². The largest absolute Gasteiger partial charge is 0.423 e. The van der Waals surface area contributed by atoms with E-state index in [0.29, 0.717) is 0 Å². The fraction of sp³-hybridized carbons (Fsp3) is 0.417. The van der Waals surface area contributed by atoms with Crippen LogP contribution in [0.1, 0.15) is 5.56 Å². The van der Waals surface area contributed by atoms with Crippen molar-refractivity contribution in [2.45, 2.75) is 6.92 Å². The van der Waals surface area contributed by atoms with Gasteiger partial charge in [0, 0.05) is 26.2 Å². The van der Waals surface area contributed by atoms with E-state index in [0.717, 1.165) is 43.3 Å². The van der Waals surface area contributed by atoms with Gasteiger partial charge in [-0.3, -0.25) is 0 Å². The fourth-order valence-corrected chi connectivity index (χ4v) is 2.01. The number of fused-ring (bicyclic) bond motifs is 1. The molecule has 1 aromatic carbocycles. The van der Waals surface area contributed by atoms with Crippen LogP contribution in [0.2, 0.25) is 0 Å². The number of piperazine rings is 1. The van der Waals surface area contributed by atoms with Crippen LogP contribution >= 0.6 is 0 Å². The maximum atomic E-state index is 5.78. The molecule has 4 nitrogen and oxygen atoms in total. The van der Waals surface area contributed by atoms with E-state index in [4.69, 9.17) is 4.42 Å². The molecule has 1 N–H and O–H groups in total. The molecule has 0 saturated carbocycles. The van der Waals surface area contributed by atoms with Crippen molar-refractivity contribution >= 4 is 17.1 Å². The molecule has 16 heavy (non-hydrogen) atoms. The Hall–Kier alpha value is -1.55. The molecule has 4 heteroatoms. The van der Waals surface area contributed by atoms with Crippen molar-refractivity contribution < 1.29 is 4.42 Å². The van der Waals surface area contributed by atoms with Gasteiger partial charge in [0.25, 0.3) is 6.01 Å². The average molecular weight is 217 g/mol. The summed E-state index contributed by atoms with van der Waals surface area (Å²) in [6.45, 7) is 5.99. The normalized spacial score (nSPS) is 16.9. The number of anilines is 1. The third-order valence-electron chi connectivity index (χ3n) is 2.92. The summed E-state index contributed by atoms with van der Waals surface area (Å²) in [6, 6.07) is 6.86. The van der Waals surface area contributed by atoms with Crippen molar-refractivity contribution in [1.29, 1.82) is 0 Å². The SMILES string of the molecule is Cc1ccc2nc(N3CCNCC3)oc2c1. The summed E-state index contributed by atoms with van der Waals surface area (Å²) in [5.41, 5.74) is 3.03. The predicted molar refractivity (Wildman–Crippen MR) is 63.8 cm³/mol. The summed E-state index contributed by atoms with van der Waals surface area (Å²) >= 11 is 0. The lowest BCUT2D eigenvalue weighted by molar-refractivity contribution is 0.517. The Morgan fingerprint density at radius 3 is 2.94 bits per heavy atom. The summed E-state index contributed by atoms with van der Waals surface area (Å²) in [6.07, 6.45) is 0. The summed E-state index contributed by atoms with van der Waals surface area (Å²) in [5, 5.41) is 3.32. The molecule has 1 aliphatic rings. The van der Waals surface area contributed by atoms with Crippen LogP contribution in [0.5, 0.6) is 0 Å². The van der Waals surface area contributed by atoms with Gasteiger partial charge in [-0.05, 0) is 24.6 Å². The molecule has 0 radical (unpaired) electrons. The molecule has 1 aliphatic heterocycles. The second-order valence-electron chi connectivity index (χ2n) is 4.20. The fourth-order valence-electron chi connectivity index (χ4n) is 2.01. The Labute approximate surface area is 94.3 Å². The predicted octanol–water partition coefficient (Wildman–Crippen LogP) is 1.55. The Morgan fingerprint density at radius 2 is 2.12 bits per heavy atom. The minimum Gasteiger partial charge on any atom is -0.423 e. The molecule has 1 aromatic heterocycles. The Kier molecular flexibility index (Phi) is 2.29. The smallest absolute Gasteiger partial charge is 0.298 e. The van der Waals surface area contributed by atoms with Crippen LogP contribution in [-0.4, -0.2) is 31.2 Å². The molecule has 2 heterocycles. The van der Waals surface area contributed by atoms with Gasteiger partial charge in [-0.25, -0.2) is 0 Å². The van der Waals surface area contributed by atoms with E-state index >= 15 is 0 Å². The number of hydrogen-bond acceptors (Lipinski definition) is 4. The zero-order chi connectivity index (χ0) is 11.0. The van der Waals surface area contributed by atoms with Gasteiger partial charge in [-0.1, -0.05) is 6.07 Å². The minimum atomic E-state index is 0.752. The third kappa shape index (κ3) is 1.65. The quantitative estimate of drug-likeness (QED) is 0.786. The van der Waals surface area contributed by atoms with E-state index in [1.54, 1.807) is 0 Å². The van der Waals surface area contributed by atoms with Crippen LogP contribution in [0.15, 0.2) is 22.6 Å². The van der Waals surface area contributed by atoms with Crippen LogP contribution in [0.4, 0.5) is 6.01 Å². The highest BCUT2D eigenvalue weighted by molar-refractivity contribution is 5.75. The Bertz CT molecular complexity index is 500. The molecule has 2 aromatic rings. The van der Waals surface area contributed by atoms with Gasteiger partial charge in [-0.15, -0.1) is 0 Å².